The van der Waals surface area contributed by atoms with Crippen LogP contribution in [0.4, 0.5) is 5.82 Å². The van der Waals surface area contributed by atoms with Gasteiger partial charge in [0.15, 0.2) is 0 Å². The average molecular weight is 457 g/mol. The summed E-state index contributed by atoms with van der Waals surface area (Å²) in [6, 6.07) is 10.3. The van der Waals surface area contributed by atoms with Gasteiger partial charge in [-0.3, -0.25) is 4.79 Å². The van der Waals surface area contributed by atoms with Gasteiger partial charge in [0.25, 0.3) is 5.91 Å². The van der Waals surface area contributed by atoms with E-state index in [-0.39, 0.29) is 23.8 Å². The van der Waals surface area contributed by atoms with Crippen molar-refractivity contribution in [3.8, 4) is 0 Å². The summed E-state index contributed by atoms with van der Waals surface area (Å²) >= 11 is 11.9. The van der Waals surface area contributed by atoms with Crippen molar-refractivity contribution in [1.82, 2.24) is 14.6 Å². The van der Waals surface area contributed by atoms with Crippen LogP contribution in [0.5, 0.6) is 0 Å². The minimum Gasteiger partial charge on any atom is -0.354 e. The molecule has 7 nitrogen and oxygen atoms in total. The summed E-state index contributed by atoms with van der Waals surface area (Å²) < 4.78 is 26.7. The lowest BCUT2D eigenvalue weighted by Crippen LogP contribution is -2.49. The number of hydrogen-bond acceptors (Lipinski definition) is 5. The van der Waals surface area contributed by atoms with Crippen molar-refractivity contribution in [3.05, 3.63) is 58.2 Å². The van der Waals surface area contributed by atoms with Gasteiger partial charge in [0, 0.05) is 43.9 Å². The zero-order valence-corrected chi connectivity index (χ0v) is 18.1. The minimum atomic E-state index is -3.38. The smallest absolute Gasteiger partial charge is 0.252 e. The van der Waals surface area contributed by atoms with Crippen LogP contribution in [0.2, 0.25) is 10.0 Å². The summed E-state index contributed by atoms with van der Waals surface area (Å²) in [5.41, 5.74) is 0.271. The third kappa shape index (κ3) is 5.82. The van der Waals surface area contributed by atoms with Crippen LogP contribution in [-0.2, 0) is 10.0 Å². The fourth-order valence-electron chi connectivity index (χ4n) is 3.09. The van der Waals surface area contributed by atoms with Gasteiger partial charge >= 0.3 is 0 Å². The largest absolute Gasteiger partial charge is 0.354 e. The zero-order chi connectivity index (χ0) is 20.9. The quantitative estimate of drug-likeness (QED) is 0.647. The monoisotopic (exact) mass is 456 g/mol. The molecule has 0 unspecified atom stereocenters. The molecule has 0 bridgehead atoms. The summed E-state index contributed by atoms with van der Waals surface area (Å²) in [6.45, 7) is 2.27. The first-order chi connectivity index (χ1) is 13.9. The number of sulfonamides is 1. The molecule has 1 aliphatic rings. The molecular formula is C19H22Cl2N4O3S. The van der Waals surface area contributed by atoms with Gasteiger partial charge in [-0.1, -0.05) is 29.3 Å². The normalized spacial score (nSPS) is 15.3. The molecule has 29 heavy (non-hydrogen) atoms. The predicted octanol–water partition coefficient (Wildman–Crippen LogP) is 2.66. The number of aromatic nitrogens is 1. The third-order valence-corrected chi connectivity index (χ3v) is 7.16. The molecule has 0 aliphatic carbocycles. The standard InChI is InChI=1S/C19H22Cl2N4O3S/c20-15-5-6-17(21)16(14-15)19(26)23-8-3-13-29(27,28)25-11-9-24(10-12-25)18-4-1-2-7-22-18/h1-2,4-7,14H,3,8-13H2,(H,23,26). The molecule has 10 heteroatoms. The topological polar surface area (TPSA) is 82.6 Å². The van der Waals surface area contributed by atoms with Gasteiger partial charge < -0.3 is 10.2 Å². The van der Waals surface area contributed by atoms with E-state index < -0.39 is 10.0 Å². The number of halogens is 2. The van der Waals surface area contributed by atoms with Crippen LogP contribution in [0, 0.1) is 0 Å². The summed E-state index contributed by atoms with van der Waals surface area (Å²) in [4.78, 5) is 18.6. The number of carbonyl (C=O) groups is 1. The Morgan fingerprint density at radius 3 is 2.55 bits per heavy atom. The summed E-state index contributed by atoms with van der Waals surface area (Å²) in [6.07, 6.45) is 2.04. The maximum atomic E-state index is 12.6. The van der Waals surface area contributed by atoms with E-state index >= 15 is 0 Å². The van der Waals surface area contributed by atoms with E-state index in [4.69, 9.17) is 23.2 Å². The predicted molar refractivity (Wildman–Crippen MR) is 115 cm³/mol. The second kappa shape index (κ2) is 9.75. The highest BCUT2D eigenvalue weighted by atomic mass is 35.5. The molecular weight excluding hydrogens is 435 g/mol. The van der Waals surface area contributed by atoms with E-state index in [0.717, 1.165) is 5.82 Å². The molecule has 1 aromatic heterocycles. The lowest BCUT2D eigenvalue weighted by Gasteiger charge is -2.34. The number of pyridine rings is 1. The van der Waals surface area contributed by atoms with Crippen LogP contribution >= 0.6 is 23.2 Å². The van der Waals surface area contributed by atoms with Crippen LogP contribution in [0.1, 0.15) is 16.8 Å². The number of amides is 1. The number of nitrogens with one attached hydrogen (secondary N) is 1. The van der Waals surface area contributed by atoms with Gasteiger partial charge in [-0.05, 0) is 36.8 Å². The van der Waals surface area contributed by atoms with Crippen molar-refractivity contribution in [3.63, 3.8) is 0 Å². The van der Waals surface area contributed by atoms with Gasteiger partial charge in [-0.15, -0.1) is 0 Å². The first-order valence-electron chi connectivity index (χ1n) is 9.24. The Hall–Kier alpha value is -1.87. The summed E-state index contributed by atoms with van der Waals surface area (Å²) in [5, 5.41) is 3.40. The van der Waals surface area contributed by atoms with E-state index in [1.165, 1.54) is 10.4 Å². The van der Waals surface area contributed by atoms with Gasteiger partial charge in [0.05, 0.1) is 16.3 Å². The Balaban J connectivity index is 1.44. The molecule has 1 amide bonds. The number of benzene rings is 1. The Morgan fingerprint density at radius 1 is 1.10 bits per heavy atom. The highest BCUT2D eigenvalue weighted by Gasteiger charge is 2.27. The molecule has 1 N–H and O–H groups in total. The number of carbonyl (C=O) groups excluding carboxylic acids is 1. The number of rotatable bonds is 7. The first kappa shape index (κ1) is 21.8. The summed E-state index contributed by atoms with van der Waals surface area (Å²) in [7, 11) is -3.38. The molecule has 0 saturated carbocycles. The average Bonchev–Trinajstić information content (AvgIpc) is 2.73. The summed E-state index contributed by atoms with van der Waals surface area (Å²) in [5.74, 6) is 0.450. The number of hydrogen-bond donors (Lipinski definition) is 1. The molecule has 0 atom stereocenters. The molecule has 0 spiro atoms. The lowest BCUT2D eigenvalue weighted by molar-refractivity contribution is 0.0954. The van der Waals surface area contributed by atoms with Crippen molar-refractivity contribution >= 4 is 45.0 Å². The zero-order valence-electron chi connectivity index (χ0n) is 15.7. The van der Waals surface area contributed by atoms with Crippen molar-refractivity contribution in [1.29, 1.82) is 0 Å². The number of nitrogens with zero attached hydrogens (tertiary/aromatic N) is 3. The molecule has 1 saturated heterocycles. The molecule has 3 rings (SSSR count). The SMILES string of the molecule is O=C(NCCCS(=O)(=O)N1CCN(c2ccccn2)CC1)c1cc(Cl)ccc1Cl. The molecule has 1 aromatic carbocycles. The Labute approximate surface area is 180 Å². The maximum absolute atomic E-state index is 12.6. The van der Waals surface area contributed by atoms with E-state index in [0.29, 0.717) is 42.6 Å². The van der Waals surface area contributed by atoms with Crippen LogP contribution in [0.25, 0.3) is 0 Å². The van der Waals surface area contributed by atoms with Gasteiger partial charge in [-0.25, -0.2) is 13.4 Å². The fraction of sp³-hybridized carbons (Fsp3) is 0.368. The Kier molecular flexibility index (Phi) is 7.34. The van der Waals surface area contributed by atoms with E-state index in [9.17, 15) is 13.2 Å². The molecule has 156 valence electrons. The highest BCUT2D eigenvalue weighted by Crippen LogP contribution is 2.20. The van der Waals surface area contributed by atoms with Crippen molar-refractivity contribution in [2.24, 2.45) is 0 Å². The highest BCUT2D eigenvalue weighted by molar-refractivity contribution is 7.89. The Morgan fingerprint density at radius 2 is 1.86 bits per heavy atom. The van der Waals surface area contributed by atoms with Gasteiger partial charge in [0.2, 0.25) is 10.0 Å². The molecule has 0 radical (unpaired) electrons. The second-order valence-electron chi connectivity index (χ2n) is 6.62. The number of piperazine rings is 1. The molecule has 1 aliphatic heterocycles. The minimum absolute atomic E-state index is 0.0276. The van der Waals surface area contributed by atoms with Crippen LogP contribution in [-0.4, -0.2) is 62.1 Å². The van der Waals surface area contributed by atoms with Crippen LogP contribution < -0.4 is 10.2 Å². The Bertz CT molecular complexity index is 949. The molecule has 2 heterocycles. The number of anilines is 1. The third-order valence-electron chi connectivity index (χ3n) is 4.64. The van der Waals surface area contributed by atoms with Crippen molar-refractivity contribution in [2.75, 3.05) is 43.4 Å². The van der Waals surface area contributed by atoms with Crippen molar-refractivity contribution < 1.29 is 13.2 Å². The first-order valence-corrected chi connectivity index (χ1v) is 11.6. The lowest BCUT2D eigenvalue weighted by atomic mass is 10.2. The fourth-order valence-corrected chi connectivity index (χ4v) is 4.95. The van der Waals surface area contributed by atoms with Gasteiger partial charge in [0.1, 0.15) is 5.82 Å². The maximum Gasteiger partial charge on any atom is 0.252 e. The second-order valence-corrected chi connectivity index (χ2v) is 9.56. The van der Waals surface area contributed by atoms with E-state index in [1.54, 1.807) is 18.3 Å². The van der Waals surface area contributed by atoms with Crippen molar-refractivity contribution in [2.45, 2.75) is 6.42 Å². The van der Waals surface area contributed by atoms with Gasteiger partial charge in [-0.2, -0.15) is 4.31 Å². The van der Waals surface area contributed by atoms with E-state index in [1.807, 2.05) is 18.2 Å². The molecule has 2 aromatic rings. The van der Waals surface area contributed by atoms with Crippen LogP contribution in [0.15, 0.2) is 42.6 Å². The van der Waals surface area contributed by atoms with Crippen LogP contribution in [0.3, 0.4) is 0 Å². The van der Waals surface area contributed by atoms with E-state index in [2.05, 4.69) is 15.2 Å². The molecule has 1 fully saturated rings.